The SMILES string of the molecule is O=C(O)CCC1CCCCN1C(=O)c1ccc2c(c1)NC(=O)CCS2. The molecule has 0 aromatic heterocycles. The van der Waals surface area contributed by atoms with E-state index in [1.165, 1.54) is 0 Å². The van der Waals surface area contributed by atoms with Crippen LogP contribution < -0.4 is 5.32 Å². The fraction of sp³-hybridized carbons (Fsp3) is 0.500. The number of piperidine rings is 1. The zero-order valence-electron chi connectivity index (χ0n) is 14.0. The fourth-order valence-corrected chi connectivity index (χ4v) is 4.31. The molecule has 25 heavy (non-hydrogen) atoms. The van der Waals surface area contributed by atoms with E-state index in [2.05, 4.69) is 5.32 Å². The van der Waals surface area contributed by atoms with E-state index >= 15 is 0 Å². The number of hydrogen-bond donors (Lipinski definition) is 2. The van der Waals surface area contributed by atoms with E-state index in [1.54, 1.807) is 28.8 Å². The number of hydrogen-bond acceptors (Lipinski definition) is 4. The molecular weight excluding hydrogens is 340 g/mol. The van der Waals surface area contributed by atoms with Crippen molar-refractivity contribution in [3.05, 3.63) is 23.8 Å². The molecule has 0 bridgehead atoms. The summed E-state index contributed by atoms with van der Waals surface area (Å²) in [6, 6.07) is 5.40. The van der Waals surface area contributed by atoms with Gasteiger partial charge in [0.1, 0.15) is 0 Å². The molecule has 0 aliphatic carbocycles. The number of carbonyl (C=O) groups excluding carboxylic acids is 2. The Labute approximate surface area is 151 Å². The van der Waals surface area contributed by atoms with Crippen molar-refractivity contribution in [2.45, 2.75) is 49.5 Å². The smallest absolute Gasteiger partial charge is 0.303 e. The van der Waals surface area contributed by atoms with Gasteiger partial charge in [-0.3, -0.25) is 14.4 Å². The number of likely N-dealkylation sites (tertiary alicyclic amines) is 1. The van der Waals surface area contributed by atoms with Gasteiger partial charge in [-0.05, 0) is 43.9 Å². The van der Waals surface area contributed by atoms with E-state index in [0.717, 1.165) is 29.9 Å². The maximum Gasteiger partial charge on any atom is 0.303 e. The Morgan fingerprint density at radius 3 is 2.96 bits per heavy atom. The van der Waals surface area contributed by atoms with Crippen molar-refractivity contribution in [3.8, 4) is 0 Å². The number of nitrogens with zero attached hydrogens (tertiary/aromatic N) is 1. The van der Waals surface area contributed by atoms with Crippen LogP contribution in [0.4, 0.5) is 5.69 Å². The van der Waals surface area contributed by atoms with Gasteiger partial charge in [-0.2, -0.15) is 0 Å². The minimum absolute atomic E-state index is 0.0277. The summed E-state index contributed by atoms with van der Waals surface area (Å²) in [6.45, 7) is 0.654. The van der Waals surface area contributed by atoms with Gasteiger partial charge in [0.25, 0.3) is 5.91 Å². The van der Waals surface area contributed by atoms with Crippen molar-refractivity contribution < 1.29 is 19.5 Å². The van der Waals surface area contributed by atoms with Crippen LogP contribution in [0.5, 0.6) is 0 Å². The Balaban J connectivity index is 1.79. The Hall–Kier alpha value is -2.02. The van der Waals surface area contributed by atoms with Gasteiger partial charge in [-0.1, -0.05) is 0 Å². The molecule has 1 unspecified atom stereocenters. The van der Waals surface area contributed by atoms with Gasteiger partial charge in [0.05, 0.1) is 5.69 Å². The van der Waals surface area contributed by atoms with E-state index in [4.69, 9.17) is 5.11 Å². The van der Waals surface area contributed by atoms with Gasteiger partial charge in [0.15, 0.2) is 0 Å². The van der Waals surface area contributed by atoms with Crippen molar-refractivity contribution in [1.82, 2.24) is 4.90 Å². The molecule has 7 heteroatoms. The summed E-state index contributed by atoms with van der Waals surface area (Å²) in [4.78, 5) is 38.4. The van der Waals surface area contributed by atoms with Crippen LogP contribution in [0.15, 0.2) is 23.1 Å². The molecule has 2 aliphatic heterocycles. The lowest BCUT2D eigenvalue weighted by atomic mass is 9.97. The first-order chi connectivity index (χ1) is 12.0. The molecular formula is C18H22N2O4S. The number of benzene rings is 1. The lowest BCUT2D eigenvalue weighted by molar-refractivity contribution is -0.137. The maximum atomic E-state index is 13.0. The second-order valence-corrected chi connectivity index (χ2v) is 7.57. The quantitative estimate of drug-likeness (QED) is 0.860. The topological polar surface area (TPSA) is 86.7 Å². The first kappa shape index (κ1) is 17.8. The van der Waals surface area contributed by atoms with Crippen molar-refractivity contribution in [1.29, 1.82) is 0 Å². The molecule has 134 valence electrons. The average Bonchev–Trinajstić information content (AvgIpc) is 2.79. The zero-order valence-corrected chi connectivity index (χ0v) is 14.8. The molecule has 1 aromatic rings. The number of rotatable bonds is 4. The van der Waals surface area contributed by atoms with Gasteiger partial charge in [-0.15, -0.1) is 11.8 Å². The lowest BCUT2D eigenvalue weighted by Crippen LogP contribution is -2.44. The van der Waals surface area contributed by atoms with Gasteiger partial charge >= 0.3 is 5.97 Å². The second-order valence-electron chi connectivity index (χ2n) is 6.44. The highest BCUT2D eigenvalue weighted by atomic mass is 32.2. The third-order valence-corrected chi connectivity index (χ3v) is 5.74. The molecule has 1 fully saturated rings. The van der Waals surface area contributed by atoms with Crippen LogP contribution >= 0.6 is 11.8 Å². The summed E-state index contributed by atoms with van der Waals surface area (Å²) in [6.07, 6.45) is 3.82. The molecule has 1 atom stereocenters. The van der Waals surface area contributed by atoms with Crippen molar-refractivity contribution >= 4 is 35.2 Å². The summed E-state index contributed by atoms with van der Waals surface area (Å²) < 4.78 is 0. The molecule has 6 nitrogen and oxygen atoms in total. The minimum Gasteiger partial charge on any atom is -0.481 e. The summed E-state index contributed by atoms with van der Waals surface area (Å²) in [7, 11) is 0. The monoisotopic (exact) mass is 362 g/mol. The molecule has 2 heterocycles. The van der Waals surface area contributed by atoms with Crippen LogP contribution in [0.2, 0.25) is 0 Å². The highest BCUT2D eigenvalue weighted by molar-refractivity contribution is 7.99. The zero-order chi connectivity index (χ0) is 17.8. The number of amides is 2. The molecule has 1 aromatic carbocycles. The molecule has 1 saturated heterocycles. The first-order valence-corrected chi connectivity index (χ1v) is 9.62. The van der Waals surface area contributed by atoms with E-state index in [-0.39, 0.29) is 24.3 Å². The van der Waals surface area contributed by atoms with Crippen LogP contribution in [0.3, 0.4) is 0 Å². The number of anilines is 1. The maximum absolute atomic E-state index is 13.0. The minimum atomic E-state index is -0.831. The Kier molecular flexibility index (Phi) is 5.63. The summed E-state index contributed by atoms with van der Waals surface area (Å²) in [5.74, 6) is -0.215. The first-order valence-electron chi connectivity index (χ1n) is 8.64. The number of carboxylic acid groups (broad SMARTS) is 1. The number of aliphatic carboxylic acids is 1. The standard InChI is InChI=1S/C18H22N2O4S/c21-16-8-10-25-15-6-4-12(11-14(15)19-16)18(24)20-9-2-1-3-13(20)5-7-17(22)23/h4,6,11,13H,1-3,5,7-10H2,(H,19,21)(H,22,23). The molecule has 2 aliphatic rings. The number of thioether (sulfide) groups is 1. The van der Waals surface area contributed by atoms with E-state index in [9.17, 15) is 14.4 Å². The number of nitrogens with one attached hydrogen (secondary N) is 1. The van der Waals surface area contributed by atoms with Crippen molar-refractivity contribution in [3.63, 3.8) is 0 Å². The van der Waals surface area contributed by atoms with E-state index < -0.39 is 5.97 Å². The normalized spacial score (nSPS) is 20.4. The summed E-state index contributed by atoms with van der Waals surface area (Å²) >= 11 is 1.61. The molecule has 3 rings (SSSR count). The van der Waals surface area contributed by atoms with E-state index in [1.807, 2.05) is 6.07 Å². The number of fused-ring (bicyclic) bond motifs is 1. The molecule has 2 N–H and O–H groups in total. The third-order valence-electron chi connectivity index (χ3n) is 4.67. The number of carbonyl (C=O) groups is 3. The lowest BCUT2D eigenvalue weighted by Gasteiger charge is -2.36. The highest BCUT2D eigenvalue weighted by Crippen LogP contribution is 2.32. The van der Waals surface area contributed by atoms with Gasteiger partial charge in [-0.25, -0.2) is 0 Å². The molecule has 0 radical (unpaired) electrons. The Bertz CT molecular complexity index is 692. The number of carboxylic acids is 1. The third kappa shape index (κ3) is 4.34. The predicted molar refractivity (Wildman–Crippen MR) is 96.0 cm³/mol. The molecule has 2 amide bonds. The summed E-state index contributed by atoms with van der Waals surface area (Å²) in [5, 5.41) is 11.8. The van der Waals surface area contributed by atoms with Crippen LogP contribution in [0.25, 0.3) is 0 Å². The average molecular weight is 362 g/mol. The molecule has 0 saturated carbocycles. The van der Waals surface area contributed by atoms with Gasteiger partial charge in [0, 0.05) is 41.6 Å². The van der Waals surface area contributed by atoms with Crippen LogP contribution in [0, 0.1) is 0 Å². The van der Waals surface area contributed by atoms with E-state index in [0.29, 0.717) is 30.6 Å². The van der Waals surface area contributed by atoms with Crippen LogP contribution in [-0.4, -0.2) is 46.1 Å². The van der Waals surface area contributed by atoms with Crippen molar-refractivity contribution in [2.24, 2.45) is 0 Å². The second kappa shape index (κ2) is 7.91. The largest absolute Gasteiger partial charge is 0.481 e. The fourth-order valence-electron chi connectivity index (χ4n) is 3.38. The summed E-state index contributed by atoms with van der Waals surface area (Å²) in [5.41, 5.74) is 1.24. The molecule has 0 spiro atoms. The van der Waals surface area contributed by atoms with Crippen LogP contribution in [0.1, 0.15) is 48.9 Å². The van der Waals surface area contributed by atoms with Crippen molar-refractivity contribution in [2.75, 3.05) is 17.6 Å². The van der Waals surface area contributed by atoms with Gasteiger partial charge < -0.3 is 15.3 Å². The van der Waals surface area contributed by atoms with Gasteiger partial charge in [0.2, 0.25) is 5.91 Å². The Morgan fingerprint density at radius 2 is 2.16 bits per heavy atom. The van der Waals surface area contributed by atoms with Crippen LogP contribution in [-0.2, 0) is 9.59 Å². The highest BCUT2D eigenvalue weighted by Gasteiger charge is 2.28. The predicted octanol–water partition coefficient (Wildman–Crippen LogP) is 2.98. The Morgan fingerprint density at radius 1 is 1.32 bits per heavy atom.